The van der Waals surface area contributed by atoms with Crippen LogP contribution in [0.2, 0.25) is 0 Å². The second-order valence-corrected chi connectivity index (χ2v) is 1.77. The number of ether oxygens (including phenoxy) is 2. The third-order valence-corrected chi connectivity index (χ3v) is 1.21. The molecule has 0 atom stereocenters. The van der Waals surface area contributed by atoms with Gasteiger partial charge < -0.3 is 26.5 Å². The van der Waals surface area contributed by atoms with Crippen LogP contribution < -0.4 is 26.5 Å². The number of para-hydroxylation sites is 1. The van der Waals surface area contributed by atoms with Crippen molar-refractivity contribution in [3.63, 3.8) is 0 Å². The first-order valence-electron chi connectivity index (χ1n) is 2.97. The van der Waals surface area contributed by atoms with Gasteiger partial charge in [-0.05, 0) is 0 Å². The SMILES string of the molecule is COc1[c-]cccc1OC.[Br-].[Mg+2]. The van der Waals surface area contributed by atoms with Gasteiger partial charge in [0, 0.05) is 11.5 Å². The summed E-state index contributed by atoms with van der Waals surface area (Å²) in [5.41, 5.74) is 0. The molecule has 0 aliphatic carbocycles. The molecular formula is C8H9BrMgO2. The van der Waals surface area contributed by atoms with Crippen LogP contribution in [-0.2, 0) is 0 Å². The first-order chi connectivity index (χ1) is 4.88. The van der Waals surface area contributed by atoms with E-state index in [4.69, 9.17) is 9.47 Å². The maximum atomic E-state index is 4.98. The fourth-order valence-corrected chi connectivity index (χ4v) is 0.726. The van der Waals surface area contributed by atoms with E-state index >= 15 is 0 Å². The Morgan fingerprint density at radius 3 is 2.33 bits per heavy atom. The van der Waals surface area contributed by atoms with Crippen LogP contribution in [0.1, 0.15) is 0 Å². The number of rotatable bonds is 2. The van der Waals surface area contributed by atoms with E-state index in [2.05, 4.69) is 6.07 Å². The van der Waals surface area contributed by atoms with Crippen LogP contribution in [0.4, 0.5) is 0 Å². The zero-order chi connectivity index (χ0) is 7.40. The molecule has 0 N–H and O–H groups in total. The predicted octanol–water partition coefficient (Wildman–Crippen LogP) is -1.87. The largest absolute Gasteiger partial charge is 2.00 e. The van der Waals surface area contributed by atoms with E-state index in [0.717, 1.165) is 0 Å². The number of benzene rings is 1. The molecule has 0 saturated heterocycles. The van der Waals surface area contributed by atoms with Gasteiger partial charge in [-0.25, -0.2) is 0 Å². The summed E-state index contributed by atoms with van der Waals surface area (Å²) in [5, 5.41) is 0. The molecule has 0 heterocycles. The van der Waals surface area contributed by atoms with Crippen LogP contribution in [0.3, 0.4) is 0 Å². The monoisotopic (exact) mass is 240 g/mol. The van der Waals surface area contributed by atoms with Crippen molar-refractivity contribution >= 4 is 23.1 Å². The van der Waals surface area contributed by atoms with Gasteiger partial charge in [-0.3, -0.25) is 0 Å². The number of hydrogen-bond acceptors (Lipinski definition) is 2. The molecule has 12 heavy (non-hydrogen) atoms. The van der Waals surface area contributed by atoms with E-state index in [1.807, 2.05) is 12.1 Å². The molecule has 0 saturated carbocycles. The average Bonchev–Trinajstić information content (AvgIpc) is 2.04. The zero-order valence-electron chi connectivity index (χ0n) is 7.13. The minimum Gasteiger partial charge on any atom is -1.00 e. The molecule has 0 aromatic heterocycles. The van der Waals surface area contributed by atoms with Gasteiger partial charge in [0.05, 0.1) is 14.2 Å². The van der Waals surface area contributed by atoms with E-state index in [9.17, 15) is 0 Å². The van der Waals surface area contributed by atoms with Crippen molar-refractivity contribution in [1.29, 1.82) is 0 Å². The van der Waals surface area contributed by atoms with Crippen LogP contribution in [-0.4, -0.2) is 37.3 Å². The molecule has 0 aliphatic heterocycles. The summed E-state index contributed by atoms with van der Waals surface area (Å²) >= 11 is 0. The van der Waals surface area contributed by atoms with E-state index in [0.29, 0.717) is 11.5 Å². The molecule has 0 unspecified atom stereocenters. The molecule has 1 aromatic rings. The summed E-state index contributed by atoms with van der Waals surface area (Å²) in [6, 6.07) is 8.35. The third-order valence-electron chi connectivity index (χ3n) is 1.21. The van der Waals surface area contributed by atoms with Crippen molar-refractivity contribution in [2.45, 2.75) is 0 Å². The Labute approximate surface area is 99.2 Å². The van der Waals surface area contributed by atoms with Crippen molar-refractivity contribution in [2.24, 2.45) is 0 Å². The summed E-state index contributed by atoms with van der Waals surface area (Å²) in [5.74, 6) is 1.36. The smallest absolute Gasteiger partial charge is 1.00 e. The van der Waals surface area contributed by atoms with Gasteiger partial charge in [0.15, 0.2) is 0 Å². The Kier molecular flexibility index (Phi) is 9.36. The van der Waals surface area contributed by atoms with Gasteiger partial charge in [-0.2, -0.15) is 12.1 Å². The molecule has 1 rings (SSSR count). The quantitative estimate of drug-likeness (QED) is 0.446. The Hall–Kier alpha value is 0.0662. The molecule has 1 aromatic carbocycles. The maximum Gasteiger partial charge on any atom is 2.00 e. The normalized spacial score (nSPS) is 7.50. The Morgan fingerprint density at radius 1 is 1.25 bits per heavy atom. The van der Waals surface area contributed by atoms with E-state index in [-0.39, 0.29) is 40.0 Å². The van der Waals surface area contributed by atoms with E-state index in [1.54, 1.807) is 20.3 Å². The van der Waals surface area contributed by atoms with Gasteiger partial charge in [-0.15, -0.1) is 12.1 Å². The molecule has 2 nitrogen and oxygen atoms in total. The molecule has 0 fully saturated rings. The first-order valence-corrected chi connectivity index (χ1v) is 2.97. The molecule has 0 radical (unpaired) electrons. The van der Waals surface area contributed by atoms with E-state index < -0.39 is 0 Å². The van der Waals surface area contributed by atoms with Gasteiger partial charge in [-0.1, -0.05) is 0 Å². The molecule has 0 bridgehead atoms. The summed E-state index contributed by atoms with van der Waals surface area (Å²) in [6.45, 7) is 0. The molecule has 0 aliphatic rings. The fourth-order valence-electron chi connectivity index (χ4n) is 0.726. The van der Waals surface area contributed by atoms with Crippen molar-refractivity contribution in [1.82, 2.24) is 0 Å². The number of hydrogen-bond donors (Lipinski definition) is 0. The Bertz CT molecular complexity index is 195. The zero-order valence-corrected chi connectivity index (χ0v) is 10.1. The van der Waals surface area contributed by atoms with Crippen LogP contribution in [0.15, 0.2) is 18.2 Å². The third kappa shape index (κ3) is 3.65. The van der Waals surface area contributed by atoms with Crippen LogP contribution in [0, 0.1) is 6.07 Å². The molecule has 62 valence electrons. The second-order valence-electron chi connectivity index (χ2n) is 1.77. The minimum absolute atomic E-state index is 0. The van der Waals surface area contributed by atoms with Crippen LogP contribution in [0.5, 0.6) is 11.5 Å². The van der Waals surface area contributed by atoms with Crippen molar-refractivity contribution < 1.29 is 26.5 Å². The Balaban J connectivity index is 0. The topological polar surface area (TPSA) is 18.5 Å². The van der Waals surface area contributed by atoms with Crippen molar-refractivity contribution in [2.75, 3.05) is 14.2 Å². The standard InChI is InChI=1S/C8H9O2.BrH.Mg/c1-9-7-5-3-4-6-8(7)10-2;;/h3-5H,1-2H3;1H;/q-1;;+2/p-1. The summed E-state index contributed by atoms with van der Waals surface area (Å²) < 4.78 is 9.94. The van der Waals surface area contributed by atoms with Crippen LogP contribution >= 0.6 is 0 Å². The van der Waals surface area contributed by atoms with Crippen molar-refractivity contribution in [3.05, 3.63) is 24.3 Å². The molecule has 0 amide bonds. The summed E-state index contributed by atoms with van der Waals surface area (Å²) in [7, 11) is 3.19. The number of halogens is 1. The fraction of sp³-hybridized carbons (Fsp3) is 0.250. The van der Waals surface area contributed by atoms with Gasteiger partial charge in [0.1, 0.15) is 0 Å². The van der Waals surface area contributed by atoms with Crippen molar-refractivity contribution in [3.8, 4) is 11.5 Å². The first kappa shape index (κ1) is 14.6. The molecule has 0 spiro atoms. The summed E-state index contributed by atoms with van der Waals surface area (Å²) in [6.07, 6.45) is 0. The summed E-state index contributed by atoms with van der Waals surface area (Å²) in [4.78, 5) is 0. The number of methoxy groups -OCH3 is 2. The minimum atomic E-state index is 0. The Morgan fingerprint density at radius 2 is 1.92 bits per heavy atom. The maximum absolute atomic E-state index is 4.98. The van der Waals surface area contributed by atoms with Crippen LogP contribution in [0.25, 0.3) is 0 Å². The van der Waals surface area contributed by atoms with Gasteiger partial charge in [0.2, 0.25) is 0 Å². The van der Waals surface area contributed by atoms with Gasteiger partial charge >= 0.3 is 23.1 Å². The van der Waals surface area contributed by atoms with E-state index in [1.165, 1.54) is 0 Å². The molecular weight excluding hydrogens is 232 g/mol. The second kappa shape index (κ2) is 7.70. The van der Waals surface area contributed by atoms with Gasteiger partial charge in [0.25, 0.3) is 0 Å². The molecule has 4 heteroatoms. The average molecular weight is 241 g/mol. The predicted molar refractivity (Wildman–Crippen MR) is 44.1 cm³/mol.